The van der Waals surface area contributed by atoms with Crippen LogP contribution >= 0.6 is 0 Å². The van der Waals surface area contributed by atoms with Crippen molar-refractivity contribution in [3.8, 4) is 5.75 Å². The lowest BCUT2D eigenvalue weighted by molar-refractivity contribution is 0.0952. The van der Waals surface area contributed by atoms with Crippen molar-refractivity contribution in [2.75, 3.05) is 26.5 Å². The molecule has 0 fully saturated rings. The maximum absolute atomic E-state index is 12.6. The maximum atomic E-state index is 12.6. The second-order valence-electron chi connectivity index (χ2n) is 6.49. The Kier molecular flexibility index (Phi) is 5.76. The Morgan fingerprint density at radius 2 is 2.07 bits per heavy atom. The van der Waals surface area contributed by atoms with Crippen LogP contribution in [0.4, 0.5) is 0 Å². The molecule has 144 valence electrons. The van der Waals surface area contributed by atoms with E-state index in [1.807, 2.05) is 24.3 Å². The van der Waals surface area contributed by atoms with Crippen molar-refractivity contribution in [2.45, 2.75) is 19.4 Å². The fourth-order valence-corrected chi connectivity index (χ4v) is 4.06. The van der Waals surface area contributed by atoms with Crippen molar-refractivity contribution in [2.24, 2.45) is 0 Å². The molecule has 1 aromatic heterocycles. The van der Waals surface area contributed by atoms with Crippen LogP contribution in [0.1, 0.15) is 27.0 Å². The second kappa shape index (κ2) is 8.06. The van der Waals surface area contributed by atoms with Gasteiger partial charge in [0.2, 0.25) is 10.0 Å². The number of pyridine rings is 1. The summed E-state index contributed by atoms with van der Waals surface area (Å²) in [5.41, 5.74) is 3.20. The van der Waals surface area contributed by atoms with Crippen LogP contribution < -0.4 is 10.1 Å². The number of rotatable bonds is 6. The molecule has 7 nitrogen and oxygen atoms in total. The number of para-hydroxylation sites is 1. The molecule has 1 aliphatic rings. The Labute approximate surface area is 159 Å². The fraction of sp³-hybridized carbons (Fsp3) is 0.368. The highest BCUT2D eigenvalue weighted by Crippen LogP contribution is 2.23. The SMILES string of the molecule is COc1ccccc1CCNC(=O)c1cncc2c1CCN(S(C)(=O)=O)C2. The molecule has 8 heteroatoms. The second-order valence-corrected chi connectivity index (χ2v) is 8.47. The monoisotopic (exact) mass is 389 g/mol. The van der Waals surface area contributed by atoms with Crippen LogP contribution in [-0.2, 0) is 29.4 Å². The van der Waals surface area contributed by atoms with E-state index in [1.54, 1.807) is 19.5 Å². The van der Waals surface area contributed by atoms with Crippen LogP contribution in [0.2, 0.25) is 0 Å². The van der Waals surface area contributed by atoms with Gasteiger partial charge in [-0.05, 0) is 35.6 Å². The van der Waals surface area contributed by atoms with Crippen molar-refractivity contribution in [1.29, 1.82) is 0 Å². The van der Waals surface area contributed by atoms with Crippen molar-refractivity contribution in [3.63, 3.8) is 0 Å². The summed E-state index contributed by atoms with van der Waals surface area (Å²) in [5.74, 6) is 0.605. The minimum absolute atomic E-state index is 0.193. The van der Waals surface area contributed by atoms with E-state index in [0.717, 1.165) is 22.4 Å². The number of hydrogen-bond donors (Lipinski definition) is 1. The maximum Gasteiger partial charge on any atom is 0.253 e. The molecule has 0 radical (unpaired) electrons. The topological polar surface area (TPSA) is 88.6 Å². The first-order valence-electron chi connectivity index (χ1n) is 8.71. The number of fused-ring (bicyclic) bond motifs is 1. The first kappa shape index (κ1) is 19.3. The number of sulfonamides is 1. The molecule has 0 spiro atoms. The highest BCUT2D eigenvalue weighted by atomic mass is 32.2. The molecule has 2 heterocycles. The fourth-order valence-electron chi connectivity index (χ4n) is 3.26. The number of nitrogens with one attached hydrogen (secondary N) is 1. The van der Waals surface area contributed by atoms with E-state index in [2.05, 4.69) is 10.3 Å². The molecule has 1 amide bonds. The van der Waals surface area contributed by atoms with Crippen LogP contribution in [0.25, 0.3) is 0 Å². The molecule has 27 heavy (non-hydrogen) atoms. The molecule has 0 bridgehead atoms. The molecular weight excluding hydrogens is 366 g/mol. The third-order valence-electron chi connectivity index (χ3n) is 4.69. The Hall–Kier alpha value is -2.45. The van der Waals surface area contributed by atoms with Crippen LogP contribution in [-0.4, -0.2) is 50.1 Å². The summed E-state index contributed by atoms with van der Waals surface area (Å²) in [4.78, 5) is 16.8. The van der Waals surface area contributed by atoms with Gasteiger partial charge in [0.25, 0.3) is 5.91 Å². The Morgan fingerprint density at radius 1 is 1.30 bits per heavy atom. The minimum Gasteiger partial charge on any atom is -0.496 e. The van der Waals surface area contributed by atoms with Gasteiger partial charge in [-0.2, -0.15) is 4.31 Å². The summed E-state index contributed by atoms with van der Waals surface area (Å²) in [6.45, 7) is 1.10. The summed E-state index contributed by atoms with van der Waals surface area (Å²) in [7, 11) is -1.64. The number of methoxy groups -OCH3 is 1. The van der Waals surface area contributed by atoms with Gasteiger partial charge >= 0.3 is 0 Å². The van der Waals surface area contributed by atoms with Crippen molar-refractivity contribution in [1.82, 2.24) is 14.6 Å². The first-order chi connectivity index (χ1) is 12.9. The molecule has 3 rings (SSSR count). The molecule has 0 atom stereocenters. The first-order valence-corrected chi connectivity index (χ1v) is 10.6. The summed E-state index contributed by atoms with van der Waals surface area (Å²) >= 11 is 0. The quantitative estimate of drug-likeness (QED) is 0.806. The predicted molar refractivity (Wildman–Crippen MR) is 102 cm³/mol. The zero-order chi connectivity index (χ0) is 19.4. The average Bonchev–Trinajstić information content (AvgIpc) is 2.66. The standard InChI is InChI=1S/C19H23N3O4S/c1-26-18-6-4-3-5-14(18)7-9-21-19(23)17-12-20-11-15-13-22(27(2,24)25)10-8-16(15)17/h3-6,11-12H,7-10,13H2,1-2H3,(H,21,23). The van der Waals surface area contributed by atoms with E-state index in [4.69, 9.17) is 4.74 Å². The zero-order valence-electron chi connectivity index (χ0n) is 15.4. The van der Waals surface area contributed by atoms with Crippen LogP contribution in [0.3, 0.4) is 0 Å². The third-order valence-corrected chi connectivity index (χ3v) is 5.94. The largest absolute Gasteiger partial charge is 0.496 e. The third kappa shape index (κ3) is 4.45. The highest BCUT2D eigenvalue weighted by Gasteiger charge is 2.26. The van der Waals surface area contributed by atoms with Crippen molar-refractivity contribution < 1.29 is 17.9 Å². The number of amides is 1. The molecule has 1 aromatic carbocycles. The average molecular weight is 389 g/mol. The van der Waals surface area contributed by atoms with Gasteiger partial charge in [-0.15, -0.1) is 0 Å². The predicted octanol–water partition coefficient (Wildman–Crippen LogP) is 1.38. The summed E-state index contributed by atoms with van der Waals surface area (Å²) in [6.07, 6.45) is 5.53. The van der Waals surface area contributed by atoms with Crippen molar-refractivity contribution in [3.05, 3.63) is 58.9 Å². The molecule has 2 aromatic rings. The van der Waals surface area contributed by atoms with E-state index in [0.29, 0.717) is 31.5 Å². The lowest BCUT2D eigenvalue weighted by atomic mass is 9.98. The lowest BCUT2D eigenvalue weighted by Crippen LogP contribution is -2.37. The Bertz CT molecular complexity index is 944. The normalized spacial score (nSPS) is 14.4. The number of ether oxygens (including phenoxy) is 1. The molecule has 0 saturated heterocycles. The number of benzene rings is 1. The summed E-state index contributed by atoms with van der Waals surface area (Å²) < 4.78 is 30.2. The Balaban J connectivity index is 1.68. The summed E-state index contributed by atoms with van der Waals surface area (Å²) in [5, 5.41) is 2.92. The molecule has 0 saturated carbocycles. The van der Waals surface area contributed by atoms with E-state index < -0.39 is 10.0 Å². The number of carbonyl (C=O) groups excluding carboxylic acids is 1. The highest BCUT2D eigenvalue weighted by molar-refractivity contribution is 7.88. The number of carbonyl (C=O) groups is 1. The number of hydrogen-bond acceptors (Lipinski definition) is 5. The molecule has 1 N–H and O–H groups in total. The van der Waals surface area contributed by atoms with Gasteiger partial charge in [0, 0.05) is 32.0 Å². The van der Waals surface area contributed by atoms with Crippen LogP contribution in [0, 0.1) is 0 Å². The van der Waals surface area contributed by atoms with E-state index in [9.17, 15) is 13.2 Å². The van der Waals surface area contributed by atoms with Gasteiger partial charge in [-0.3, -0.25) is 9.78 Å². The summed E-state index contributed by atoms with van der Waals surface area (Å²) in [6, 6.07) is 7.70. The van der Waals surface area contributed by atoms with E-state index in [-0.39, 0.29) is 12.5 Å². The van der Waals surface area contributed by atoms with Gasteiger partial charge in [-0.1, -0.05) is 18.2 Å². The van der Waals surface area contributed by atoms with Gasteiger partial charge in [0.15, 0.2) is 0 Å². The molecular formula is C19H23N3O4S. The van der Waals surface area contributed by atoms with Gasteiger partial charge in [0.05, 0.1) is 18.9 Å². The molecule has 0 aliphatic carbocycles. The Morgan fingerprint density at radius 3 is 2.81 bits per heavy atom. The van der Waals surface area contributed by atoms with Crippen molar-refractivity contribution >= 4 is 15.9 Å². The van der Waals surface area contributed by atoms with Gasteiger partial charge in [-0.25, -0.2) is 8.42 Å². The molecule has 1 aliphatic heterocycles. The minimum atomic E-state index is -3.26. The number of aromatic nitrogens is 1. The van der Waals surface area contributed by atoms with Crippen LogP contribution in [0.5, 0.6) is 5.75 Å². The van der Waals surface area contributed by atoms with E-state index in [1.165, 1.54) is 10.6 Å². The smallest absolute Gasteiger partial charge is 0.253 e. The van der Waals surface area contributed by atoms with Gasteiger partial charge < -0.3 is 10.1 Å². The zero-order valence-corrected chi connectivity index (χ0v) is 16.3. The van der Waals surface area contributed by atoms with E-state index >= 15 is 0 Å². The lowest BCUT2D eigenvalue weighted by Gasteiger charge is -2.27. The number of nitrogens with zero attached hydrogens (tertiary/aromatic N) is 2. The van der Waals surface area contributed by atoms with Gasteiger partial charge in [0.1, 0.15) is 5.75 Å². The molecule has 0 unspecified atom stereocenters. The van der Waals surface area contributed by atoms with Crippen LogP contribution in [0.15, 0.2) is 36.7 Å².